The average molecular weight is 392 g/mol. The number of aryl methyl sites for hydroxylation is 1. The van der Waals surface area contributed by atoms with Gasteiger partial charge in [0, 0.05) is 5.39 Å². The van der Waals surface area contributed by atoms with Crippen molar-refractivity contribution < 1.29 is 26.7 Å². The van der Waals surface area contributed by atoms with E-state index in [2.05, 4.69) is 4.74 Å². The van der Waals surface area contributed by atoms with E-state index in [4.69, 9.17) is 0 Å². The van der Waals surface area contributed by atoms with Crippen LogP contribution in [0.3, 0.4) is 0 Å². The first kappa shape index (κ1) is 19.9. The normalized spacial score (nSPS) is 11.7. The van der Waals surface area contributed by atoms with Crippen molar-refractivity contribution in [1.29, 1.82) is 0 Å². The summed E-state index contributed by atoms with van der Waals surface area (Å²) < 4.78 is 72.2. The van der Waals surface area contributed by atoms with Crippen molar-refractivity contribution in [2.24, 2.45) is 0 Å². The molecule has 0 heterocycles. The molecule has 3 aromatic carbocycles. The van der Waals surface area contributed by atoms with Crippen LogP contribution in [-0.2, 0) is 6.42 Å². The molecule has 0 atom stereocenters. The van der Waals surface area contributed by atoms with Crippen molar-refractivity contribution in [2.75, 3.05) is 0 Å². The second kappa shape index (κ2) is 8.42. The summed E-state index contributed by atoms with van der Waals surface area (Å²) in [7, 11) is 0. The number of allylic oxidation sites excluding steroid dienone is 2. The van der Waals surface area contributed by atoms with Crippen molar-refractivity contribution in [2.45, 2.75) is 26.4 Å². The van der Waals surface area contributed by atoms with Gasteiger partial charge in [0.1, 0.15) is 11.6 Å². The van der Waals surface area contributed by atoms with Crippen molar-refractivity contribution >= 4 is 10.8 Å². The Morgan fingerprint density at radius 1 is 0.964 bits per heavy atom. The molecule has 0 aliphatic carbocycles. The van der Waals surface area contributed by atoms with Gasteiger partial charge in [0.15, 0.2) is 11.6 Å². The average Bonchev–Trinajstić information content (AvgIpc) is 2.63. The van der Waals surface area contributed by atoms with Gasteiger partial charge in [0.05, 0.1) is 5.56 Å². The molecule has 0 amide bonds. The van der Waals surface area contributed by atoms with Gasteiger partial charge in [-0.05, 0) is 60.5 Å². The summed E-state index contributed by atoms with van der Waals surface area (Å²) in [4.78, 5) is 0. The standard InChI is InChI=1S/C22H17F5O/c1-2-3-4-5-13-10-17(23)20(18(24)11-13)15-6-8-16-14(12-15)7-9-19(21(16)25)28-22(26)27/h2-3,6-12,22H,4-5H2,1H3/b3-2+. The van der Waals surface area contributed by atoms with Crippen LogP contribution in [0.2, 0.25) is 0 Å². The van der Waals surface area contributed by atoms with Gasteiger partial charge in [-0.2, -0.15) is 8.78 Å². The van der Waals surface area contributed by atoms with Crippen LogP contribution < -0.4 is 4.74 Å². The third-order valence-electron chi connectivity index (χ3n) is 4.36. The third kappa shape index (κ3) is 4.16. The minimum absolute atomic E-state index is 0.0192. The summed E-state index contributed by atoms with van der Waals surface area (Å²) >= 11 is 0. The summed E-state index contributed by atoms with van der Waals surface area (Å²) in [6.07, 6.45) is 4.96. The number of fused-ring (bicyclic) bond motifs is 1. The maximum absolute atomic E-state index is 14.6. The van der Waals surface area contributed by atoms with Gasteiger partial charge in [-0.3, -0.25) is 0 Å². The predicted octanol–water partition coefficient (Wildman–Crippen LogP) is 7.03. The number of hydrogen-bond acceptors (Lipinski definition) is 1. The Hall–Kier alpha value is -2.89. The van der Waals surface area contributed by atoms with E-state index in [0.717, 1.165) is 6.07 Å². The summed E-state index contributed by atoms with van der Waals surface area (Å²) in [5.74, 6) is -2.97. The quantitative estimate of drug-likeness (QED) is 0.323. The lowest BCUT2D eigenvalue weighted by atomic mass is 9.97. The predicted molar refractivity (Wildman–Crippen MR) is 99.0 cm³/mol. The molecule has 0 saturated carbocycles. The second-order valence-corrected chi connectivity index (χ2v) is 6.23. The topological polar surface area (TPSA) is 9.23 Å². The fourth-order valence-corrected chi connectivity index (χ4v) is 3.08. The highest BCUT2D eigenvalue weighted by molar-refractivity contribution is 5.89. The summed E-state index contributed by atoms with van der Waals surface area (Å²) in [5, 5.41) is 0.332. The van der Waals surface area contributed by atoms with Gasteiger partial charge < -0.3 is 4.74 Å². The molecule has 0 radical (unpaired) electrons. The van der Waals surface area contributed by atoms with Crippen LogP contribution in [0.5, 0.6) is 5.75 Å². The summed E-state index contributed by atoms with van der Waals surface area (Å²) in [6, 6.07) is 9.03. The zero-order valence-electron chi connectivity index (χ0n) is 15.0. The Balaban J connectivity index is 1.99. The summed E-state index contributed by atoms with van der Waals surface area (Å²) in [5.41, 5.74) is 0.548. The first-order valence-electron chi connectivity index (χ1n) is 8.67. The maximum Gasteiger partial charge on any atom is 0.387 e. The number of hydrogen-bond donors (Lipinski definition) is 0. The number of halogens is 5. The van der Waals surface area contributed by atoms with Crippen LogP contribution in [-0.4, -0.2) is 6.61 Å². The van der Waals surface area contributed by atoms with Crippen LogP contribution in [0.25, 0.3) is 21.9 Å². The van der Waals surface area contributed by atoms with Crippen molar-refractivity contribution in [1.82, 2.24) is 0 Å². The van der Waals surface area contributed by atoms with Gasteiger partial charge in [0.2, 0.25) is 0 Å². The van der Waals surface area contributed by atoms with Gasteiger partial charge in [0.25, 0.3) is 0 Å². The summed E-state index contributed by atoms with van der Waals surface area (Å²) in [6.45, 7) is -1.28. The van der Waals surface area contributed by atoms with E-state index in [9.17, 15) is 22.0 Å². The number of alkyl halides is 2. The maximum atomic E-state index is 14.6. The van der Waals surface area contributed by atoms with E-state index in [0.29, 0.717) is 23.8 Å². The Labute approximate surface area is 159 Å². The molecule has 0 aromatic heterocycles. The van der Waals surface area contributed by atoms with Gasteiger partial charge in [-0.15, -0.1) is 0 Å². The lowest BCUT2D eigenvalue weighted by Gasteiger charge is -2.11. The molecule has 28 heavy (non-hydrogen) atoms. The number of rotatable bonds is 6. The molecule has 0 fully saturated rings. The smallest absolute Gasteiger partial charge is 0.387 e. The Morgan fingerprint density at radius 2 is 1.68 bits per heavy atom. The van der Waals surface area contributed by atoms with Crippen LogP contribution >= 0.6 is 0 Å². The lowest BCUT2D eigenvalue weighted by molar-refractivity contribution is -0.0520. The SMILES string of the molecule is C/C=C/CCc1cc(F)c(-c2ccc3c(F)c(OC(F)F)ccc3c2)c(F)c1. The Morgan fingerprint density at radius 3 is 2.32 bits per heavy atom. The van der Waals surface area contributed by atoms with Crippen LogP contribution in [0.4, 0.5) is 22.0 Å². The Bertz CT molecular complexity index is 1000. The monoisotopic (exact) mass is 392 g/mol. The molecule has 6 heteroatoms. The van der Waals surface area contributed by atoms with E-state index in [-0.39, 0.29) is 16.5 Å². The molecule has 3 aromatic rings. The van der Waals surface area contributed by atoms with Gasteiger partial charge in [-0.25, -0.2) is 13.2 Å². The van der Waals surface area contributed by atoms with E-state index < -0.39 is 29.8 Å². The molecule has 0 unspecified atom stereocenters. The second-order valence-electron chi connectivity index (χ2n) is 6.23. The molecular formula is C22H17F5O. The molecule has 146 valence electrons. The van der Waals surface area contributed by atoms with E-state index >= 15 is 0 Å². The zero-order valence-corrected chi connectivity index (χ0v) is 15.0. The highest BCUT2D eigenvalue weighted by Crippen LogP contribution is 2.33. The highest BCUT2D eigenvalue weighted by atomic mass is 19.3. The van der Waals surface area contributed by atoms with Crippen LogP contribution in [0, 0.1) is 17.5 Å². The van der Waals surface area contributed by atoms with Crippen LogP contribution in [0.1, 0.15) is 18.9 Å². The van der Waals surface area contributed by atoms with E-state index in [1.54, 1.807) is 0 Å². The largest absolute Gasteiger partial charge is 0.432 e. The number of benzene rings is 3. The molecule has 0 bridgehead atoms. The molecule has 0 aliphatic heterocycles. The zero-order chi connectivity index (χ0) is 20.3. The lowest BCUT2D eigenvalue weighted by Crippen LogP contribution is -2.03. The fraction of sp³-hybridized carbons (Fsp3) is 0.182. The molecule has 3 rings (SSSR count). The van der Waals surface area contributed by atoms with E-state index in [1.807, 2.05) is 19.1 Å². The first-order chi connectivity index (χ1) is 13.4. The van der Waals surface area contributed by atoms with Gasteiger partial charge in [-0.1, -0.05) is 30.4 Å². The van der Waals surface area contributed by atoms with E-state index in [1.165, 1.54) is 36.4 Å². The minimum Gasteiger partial charge on any atom is -0.432 e. The molecular weight excluding hydrogens is 375 g/mol. The van der Waals surface area contributed by atoms with Crippen molar-refractivity contribution in [3.05, 3.63) is 77.6 Å². The molecule has 1 nitrogen and oxygen atoms in total. The van der Waals surface area contributed by atoms with Gasteiger partial charge >= 0.3 is 6.61 Å². The van der Waals surface area contributed by atoms with Crippen molar-refractivity contribution in [3.8, 4) is 16.9 Å². The fourth-order valence-electron chi connectivity index (χ4n) is 3.08. The highest BCUT2D eigenvalue weighted by Gasteiger charge is 2.16. The molecule has 0 N–H and O–H groups in total. The molecule has 0 spiro atoms. The minimum atomic E-state index is -3.15. The molecule has 0 saturated heterocycles. The molecule has 0 aliphatic rings. The third-order valence-corrected chi connectivity index (χ3v) is 4.36. The first-order valence-corrected chi connectivity index (χ1v) is 8.67. The number of ether oxygens (including phenoxy) is 1. The van der Waals surface area contributed by atoms with Crippen LogP contribution in [0.15, 0.2) is 54.6 Å². The Kier molecular flexibility index (Phi) is 5.97. The van der Waals surface area contributed by atoms with Crippen molar-refractivity contribution in [3.63, 3.8) is 0 Å².